The van der Waals surface area contributed by atoms with Gasteiger partial charge < -0.3 is 15.4 Å². The molecule has 1 aromatic carbocycles. The van der Waals surface area contributed by atoms with Gasteiger partial charge in [0, 0.05) is 11.2 Å². The lowest BCUT2D eigenvalue weighted by Crippen LogP contribution is -2.51. The van der Waals surface area contributed by atoms with E-state index in [0.29, 0.717) is 16.3 Å². The van der Waals surface area contributed by atoms with Crippen LogP contribution >= 0.6 is 11.6 Å². The molecular formula is C15H15ClN2O3. The number of carbonyl (C=O) groups is 2. The minimum Gasteiger partial charge on any atom is -0.479 e. The van der Waals surface area contributed by atoms with Gasteiger partial charge in [0.1, 0.15) is 5.69 Å². The zero-order valence-electron chi connectivity index (χ0n) is 11.4. The lowest BCUT2D eigenvalue weighted by Gasteiger charge is -2.29. The molecule has 110 valence electrons. The molecule has 0 aliphatic rings. The molecule has 0 fully saturated rings. The highest BCUT2D eigenvalue weighted by Crippen LogP contribution is 2.27. The van der Waals surface area contributed by atoms with Crippen molar-refractivity contribution in [3.05, 3.63) is 58.9 Å². The molecule has 3 N–H and O–H groups in total. The molecule has 1 aromatic heterocycles. The maximum Gasteiger partial charge on any atom is 0.334 e. The topological polar surface area (TPSA) is 82.2 Å². The van der Waals surface area contributed by atoms with Crippen molar-refractivity contribution in [3.63, 3.8) is 0 Å². The molecule has 5 nitrogen and oxygen atoms in total. The zero-order valence-corrected chi connectivity index (χ0v) is 12.1. The highest BCUT2D eigenvalue weighted by molar-refractivity contribution is 6.30. The highest BCUT2D eigenvalue weighted by atomic mass is 35.5. The van der Waals surface area contributed by atoms with Gasteiger partial charge in [0.25, 0.3) is 5.91 Å². The maximum absolute atomic E-state index is 12.2. The van der Waals surface area contributed by atoms with Gasteiger partial charge in [0.15, 0.2) is 5.54 Å². The number of H-pyrrole nitrogens is 1. The van der Waals surface area contributed by atoms with Crippen molar-refractivity contribution >= 4 is 23.5 Å². The van der Waals surface area contributed by atoms with Crippen LogP contribution in [0.3, 0.4) is 0 Å². The van der Waals surface area contributed by atoms with Crippen molar-refractivity contribution in [3.8, 4) is 0 Å². The first kappa shape index (κ1) is 15.1. The smallest absolute Gasteiger partial charge is 0.334 e. The van der Waals surface area contributed by atoms with E-state index >= 15 is 0 Å². The Labute approximate surface area is 126 Å². The van der Waals surface area contributed by atoms with Crippen molar-refractivity contribution in [2.45, 2.75) is 18.9 Å². The monoisotopic (exact) mass is 306 g/mol. The molecule has 0 radical (unpaired) electrons. The summed E-state index contributed by atoms with van der Waals surface area (Å²) in [5.41, 5.74) is -0.711. The van der Waals surface area contributed by atoms with Crippen molar-refractivity contribution < 1.29 is 14.7 Å². The van der Waals surface area contributed by atoms with Crippen LogP contribution in [0.5, 0.6) is 0 Å². The Balaban J connectivity index is 2.40. The molecule has 0 bridgehead atoms. The van der Waals surface area contributed by atoms with E-state index in [2.05, 4.69) is 10.3 Å². The van der Waals surface area contributed by atoms with E-state index in [1.807, 2.05) is 0 Å². The van der Waals surface area contributed by atoms with E-state index in [1.54, 1.807) is 49.5 Å². The summed E-state index contributed by atoms with van der Waals surface area (Å²) in [5, 5.41) is 12.7. The summed E-state index contributed by atoms with van der Waals surface area (Å²) in [5.74, 6) is -1.59. The second-order valence-corrected chi connectivity index (χ2v) is 5.05. The van der Waals surface area contributed by atoms with Gasteiger partial charge >= 0.3 is 5.97 Å². The van der Waals surface area contributed by atoms with Gasteiger partial charge in [0.2, 0.25) is 0 Å². The highest BCUT2D eigenvalue weighted by Gasteiger charge is 2.40. The van der Waals surface area contributed by atoms with Gasteiger partial charge in [0.05, 0.1) is 0 Å². The fraction of sp³-hybridized carbons (Fsp3) is 0.200. The zero-order chi connectivity index (χ0) is 15.5. The Morgan fingerprint density at radius 3 is 2.43 bits per heavy atom. The van der Waals surface area contributed by atoms with Crippen LogP contribution in [0, 0.1) is 0 Å². The largest absolute Gasteiger partial charge is 0.479 e. The first-order valence-electron chi connectivity index (χ1n) is 6.45. The Morgan fingerprint density at radius 1 is 1.29 bits per heavy atom. The van der Waals surface area contributed by atoms with Crippen LogP contribution in [0.4, 0.5) is 0 Å². The van der Waals surface area contributed by atoms with Gasteiger partial charge in [-0.15, -0.1) is 0 Å². The summed E-state index contributed by atoms with van der Waals surface area (Å²) in [6.07, 6.45) is 1.81. The van der Waals surface area contributed by atoms with Gasteiger partial charge in [-0.05, 0) is 36.2 Å². The third-order valence-electron chi connectivity index (χ3n) is 3.40. The molecule has 1 unspecified atom stereocenters. The molecule has 6 heteroatoms. The molecule has 2 aromatic rings. The van der Waals surface area contributed by atoms with Crippen LogP contribution in [0.2, 0.25) is 5.02 Å². The van der Waals surface area contributed by atoms with E-state index in [4.69, 9.17) is 11.6 Å². The Hall–Kier alpha value is -2.27. The number of nitrogens with one attached hydrogen (secondary N) is 2. The van der Waals surface area contributed by atoms with Crippen LogP contribution in [0.15, 0.2) is 42.6 Å². The standard InChI is InChI=1S/C15H15ClN2O3/c1-2-15(14(20)21,10-5-7-11(16)8-6-10)18-13(19)12-4-3-9-17-12/h3-9,17H,2H2,1H3,(H,18,19)(H,20,21). The summed E-state index contributed by atoms with van der Waals surface area (Å²) >= 11 is 5.83. The van der Waals surface area contributed by atoms with Crippen molar-refractivity contribution in [2.24, 2.45) is 0 Å². The maximum atomic E-state index is 12.2. The van der Waals surface area contributed by atoms with Gasteiger partial charge in [-0.25, -0.2) is 4.79 Å². The van der Waals surface area contributed by atoms with Crippen molar-refractivity contribution in [1.82, 2.24) is 10.3 Å². The number of hydrogen-bond donors (Lipinski definition) is 3. The molecular weight excluding hydrogens is 292 g/mol. The lowest BCUT2D eigenvalue weighted by molar-refractivity contribution is -0.145. The third-order valence-corrected chi connectivity index (χ3v) is 3.65. The van der Waals surface area contributed by atoms with E-state index in [-0.39, 0.29) is 6.42 Å². The predicted octanol–water partition coefficient (Wildman–Crippen LogP) is 2.79. The molecule has 0 spiro atoms. The van der Waals surface area contributed by atoms with Gasteiger partial charge in [-0.1, -0.05) is 30.7 Å². The number of hydrogen-bond acceptors (Lipinski definition) is 2. The number of aliphatic carboxylic acids is 1. The first-order valence-corrected chi connectivity index (χ1v) is 6.82. The number of benzene rings is 1. The minimum absolute atomic E-state index is 0.205. The molecule has 0 saturated carbocycles. The van der Waals surface area contributed by atoms with Crippen LogP contribution in [-0.4, -0.2) is 22.0 Å². The fourth-order valence-electron chi connectivity index (χ4n) is 2.16. The Bertz CT molecular complexity index is 637. The number of carbonyl (C=O) groups excluding carboxylic acids is 1. The lowest BCUT2D eigenvalue weighted by atomic mass is 9.87. The summed E-state index contributed by atoms with van der Waals surface area (Å²) in [7, 11) is 0. The van der Waals surface area contributed by atoms with E-state index < -0.39 is 17.4 Å². The van der Waals surface area contributed by atoms with Crippen LogP contribution < -0.4 is 5.32 Å². The molecule has 1 atom stereocenters. The number of carboxylic acids is 1. The quantitative estimate of drug-likeness (QED) is 0.794. The second-order valence-electron chi connectivity index (χ2n) is 4.61. The molecule has 2 rings (SSSR count). The predicted molar refractivity (Wildman–Crippen MR) is 79.3 cm³/mol. The molecule has 0 aliphatic carbocycles. The fourth-order valence-corrected chi connectivity index (χ4v) is 2.29. The summed E-state index contributed by atoms with van der Waals surface area (Å²) in [6, 6.07) is 9.67. The molecule has 0 saturated heterocycles. The average molecular weight is 307 g/mol. The van der Waals surface area contributed by atoms with Crippen LogP contribution in [0.25, 0.3) is 0 Å². The summed E-state index contributed by atoms with van der Waals surface area (Å²) < 4.78 is 0. The number of aromatic amines is 1. The molecule has 1 amide bonds. The van der Waals surface area contributed by atoms with E-state index in [0.717, 1.165) is 0 Å². The number of aromatic nitrogens is 1. The summed E-state index contributed by atoms with van der Waals surface area (Å²) in [6.45, 7) is 1.71. The minimum atomic E-state index is -1.49. The number of halogens is 1. The number of rotatable bonds is 5. The second kappa shape index (κ2) is 6.01. The van der Waals surface area contributed by atoms with Crippen molar-refractivity contribution in [1.29, 1.82) is 0 Å². The number of carboxylic acid groups (broad SMARTS) is 1. The third kappa shape index (κ3) is 2.92. The van der Waals surface area contributed by atoms with Crippen LogP contribution in [0.1, 0.15) is 29.4 Å². The first-order chi connectivity index (χ1) is 9.99. The van der Waals surface area contributed by atoms with Crippen LogP contribution in [-0.2, 0) is 10.3 Å². The van der Waals surface area contributed by atoms with Crippen molar-refractivity contribution in [2.75, 3.05) is 0 Å². The Morgan fingerprint density at radius 2 is 1.95 bits per heavy atom. The molecule has 1 heterocycles. The normalized spacial score (nSPS) is 13.4. The Kier molecular flexibility index (Phi) is 4.33. The summed E-state index contributed by atoms with van der Waals surface area (Å²) in [4.78, 5) is 26.7. The SMILES string of the molecule is CCC(NC(=O)c1ccc[nH]1)(C(=O)O)c1ccc(Cl)cc1. The van der Waals surface area contributed by atoms with E-state index in [1.165, 1.54) is 0 Å². The van der Waals surface area contributed by atoms with Gasteiger partial charge in [-0.2, -0.15) is 0 Å². The molecule has 21 heavy (non-hydrogen) atoms. The number of amides is 1. The average Bonchev–Trinajstić information content (AvgIpc) is 2.99. The molecule has 0 aliphatic heterocycles. The van der Waals surface area contributed by atoms with E-state index in [9.17, 15) is 14.7 Å². The van der Waals surface area contributed by atoms with Gasteiger partial charge in [-0.3, -0.25) is 4.79 Å².